The summed E-state index contributed by atoms with van der Waals surface area (Å²) < 4.78 is 4.56. The molecule has 0 fully saturated rings. The molecule has 3 nitrogen and oxygen atoms in total. The summed E-state index contributed by atoms with van der Waals surface area (Å²) >= 11 is 0. The normalized spacial score (nSPS) is 11.2. The van der Waals surface area contributed by atoms with Crippen molar-refractivity contribution in [3.63, 3.8) is 0 Å². The van der Waals surface area contributed by atoms with Crippen LogP contribution in [-0.2, 0) is 9.53 Å². The lowest BCUT2D eigenvalue weighted by atomic mass is 10.1. The highest BCUT2D eigenvalue weighted by Gasteiger charge is 1.98. The van der Waals surface area contributed by atoms with Gasteiger partial charge in [0.2, 0.25) is 0 Å². The molecule has 0 aromatic heterocycles. The summed E-state index contributed by atoms with van der Waals surface area (Å²) in [5.41, 5.74) is 0. The van der Waals surface area contributed by atoms with E-state index < -0.39 is 0 Å². The number of unbranched alkanes of at least 4 members (excludes halogenated alkanes) is 14. The van der Waals surface area contributed by atoms with Crippen LogP contribution < -0.4 is 0 Å². The molecule has 0 unspecified atom stereocenters. The highest BCUT2D eigenvalue weighted by atomic mass is 16.5. The summed E-state index contributed by atoms with van der Waals surface area (Å²) in [7, 11) is 2.28. The summed E-state index contributed by atoms with van der Waals surface area (Å²) in [5.74, 6) is 0. The molecule has 149 valence electrons. The Bertz CT molecular complexity index is 258. The van der Waals surface area contributed by atoms with Crippen LogP contribution in [0, 0.1) is 0 Å². The van der Waals surface area contributed by atoms with Crippen LogP contribution in [0.25, 0.3) is 0 Å². The van der Waals surface area contributed by atoms with Crippen molar-refractivity contribution in [1.29, 1.82) is 0 Å². The molecule has 3 heteroatoms. The number of ether oxygens (including phenoxy) is 1. The van der Waals surface area contributed by atoms with Crippen molar-refractivity contribution >= 4 is 6.47 Å². The van der Waals surface area contributed by atoms with Crippen LogP contribution in [0.5, 0.6) is 0 Å². The number of hydrogen-bond donors (Lipinski definition) is 0. The van der Waals surface area contributed by atoms with E-state index in [1.165, 1.54) is 116 Å². The lowest BCUT2D eigenvalue weighted by molar-refractivity contribution is 0.268. The molecule has 0 spiro atoms. The van der Waals surface area contributed by atoms with Crippen LogP contribution in [0.3, 0.4) is 0 Å². The number of hydrogen-bond acceptors (Lipinski definition) is 3. The summed E-state index contributed by atoms with van der Waals surface area (Å²) in [6.45, 7) is 6.85. The standard InChI is InChI=1S/C22H44NO2/c1-3-4-5-16-19-23(2)20-17-14-12-10-8-6-7-9-11-13-15-18-21-25-22-24/h3-21H2,1-2H3. The molecular formula is C22H44NO2. The molecule has 25 heavy (non-hydrogen) atoms. The van der Waals surface area contributed by atoms with Crippen LogP contribution >= 0.6 is 0 Å². The van der Waals surface area contributed by atoms with Gasteiger partial charge in [-0.25, -0.2) is 4.79 Å². The van der Waals surface area contributed by atoms with Crippen LogP contribution in [0.2, 0.25) is 0 Å². The first-order valence-corrected chi connectivity index (χ1v) is 11.0. The quantitative estimate of drug-likeness (QED) is 0.228. The van der Waals surface area contributed by atoms with Gasteiger partial charge in [0.1, 0.15) is 0 Å². The number of rotatable bonds is 21. The van der Waals surface area contributed by atoms with E-state index in [0.717, 1.165) is 6.42 Å². The summed E-state index contributed by atoms with van der Waals surface area (Å²) in [6, 6.07) is 0. The third-order valence-electron chi connectivity index (χ3n) is 4.99. The first-order valence-electron chi connectivity index (χ1n) is 11.0. The first-order chi connectivity index (χ1) is 12.3. The molecule has 0 saturated heterocycles. The fraction of sp³-hybridized carbons (Fsp3) is 0.955. The lowest BCUT2D eigenvalue weighted by Crippen LogP contribution is -2.20. The van der Waals surface area contributed by atoms with Crippen molar-refractivity contribution < 1.29 is 9.53 Å². The Morgan fingerprint density at radius 1 is 0.640 bits per heavy atom. The molecule has 0 atom stereocenters. The van der Waals surface area contributed by atoms with E-state index in [4.69, 9.17) is 0 Å². The summed E-state index contributed by atoms with van der Waals surface area (Å²) in [6.07, 6.45) is 21.4. The topological polar surface area (TPSA) is 29.5 Å². The monoisotopic (exact) mass is 354 g/mol. The van der Waals surface area contributed by atoms with E-state index in [2.05, 4.69) is 23.6 Å². The van der Waals surface area contributed by atoms with E-state index in [0.29, 0.717) is 6.61 Å². The molecule has 0 heterocycles. The molecule has 1 radical (unpaired) electrons. The Hall–Kier alpha value is -0.570. The van der Waals surface area contributed by atoms with Crippen molar-refractivity contribution in [2.45, 2.75) is 110 Å². The molecule has 0 aromatic carbocycles. The lowest BCUT2D eigenvalue weighted by Gasteiger charge is -2.16. The van der Waals surface area contributed by atoms with E-state index >= 15 is 0 Å². The molecule has 0 N–H and O–H groups in total. The van der Waals surface area contributed by atoms with Crippen LogP contribution in [0.4, 0.5) is 0 Å². The van der Waals surface area contributed by atoms with Crippen LogP contribution in [-0.4, -0.2) is 38.1 Å². The molecule has 0 aromatic rings. The zero-order valence-electron chi connectivity index (χ0n) is 17.2. The average molecular weight is 355 g/mol. The second kappa shape index (κ2) is 21.5. The molecule has 0 aliphatic heterocycles. The smallest absolute Gasteiger partial charge is 0.417 e. The Morgan fingerprint density at radius 3 is 1.48 bits per heavy atom. The fourth-order valence-electron chi connectivity index (χ4n) is 3.29. The van der Waals surface area contributed by atoms with E-state index in [9.17, 15) is 4.79 Å². The highest BCUT2D eigenvalue weighted by molar-refractivity contribution is 5.37. The van der Waals surface area contributed by atoms with Gasteiger partial charge in [0, 0.05) is 0 Å². The van der Waals surface area contributed by atoms with Crippen molar-refractivity contribution in [2.75, 3.05) is 26.7 Å². The average Bonchev–Trinajstić information content (AvgIpc) is 2.62. The molecule has 0 rings (SSSR count). The maximum absolute atomic E-state index is 9.86. The zero-order valence-corrected chi connectivity index (χ0v) is 17.2. The zero-order chi connectivity index (χ0) is 18.4. The molecular weight excluding hydrogens is 310 g/mol. The molecule has 0 amide bonds. The highest BCUT2D eigenvalue weighted by Crippen LogP contribution is 2.12. The minimum Gasteiger partial charge on any atom is -0.457 e. The van der Waals surface area contributed by atoms with Gasteiger partial charge < -0.3 is 9.64 Å². The SMILES string of the molecule is CCCCCCN(C)CCCCCCCCCCCCCCO[C]=O. The predicted molar refractivity (Wildman–Crippen MR) is 109 cm³/mol. The first kappa shape index (κ1) is 24.4. The minimum atomic E-state index is 0.540. The van der Waals surface area contributed by atoms with Gasteiger partial charge in [-0.15, -0.1) is 0 Å². The Morgan fingerprint density at radius 2 is 1.04 bits per heavy atom. The van der Waals surface area contributed by atoms with E-state index in [1.54, 1.807) is 0 Å². The van der Waals surface area contributed by atoms with Crippen molar-refractivity contribution in [1.82, 2.24) is 4.90 Å². The van der Waals surface area contributed by atoms with E-state index in [-0.39, 0.29) is 0 Å². The van der Waals surface area contributed by atoms with E-state index in [1.807, 2.05) is 0 Å². The molecule has 0 saturated carbocycles. The van der Waals surface area contributed by atoms with Gasteiger partial charge in [0.15, 0.2) is 0 Å². The number of nitrogens with zero attached hydrogens (tertiary/aromatic N) is 1. The van der Waals surface area contributed by atoms with Crippen LogP contribution in [0.1, 0.15) is 110 Å². The van der Waals surface area contributed by atoms with Crippen molar-refractivity contribution in [2.24, 2.45) is 0 Å². The van der Waals surface area contributed by atoms with Gasteiger partial charge in [-0.05, 0) is 39.4 Å². The third-order valence-corrected chi connectivity index (χ3v) is 4.99. The second-order valence-corrected chi connectivity index (χ2v) is 7.54. The predicted octanol–water partition coefficient (Wildman–Crippen LogP) is 6.26. The molecule has 0 aliphatic carbocycles. The fourth-order valence-corrected chi connectivity index (χ4v) is 3.29. The van der Waals surface area contributed by atoms with Gasteiger partial charge in [-0.2, -0.15) is 0 Å². The van der Waals surface area contributed by atoms with Gasteiger partial charge in [-0.3, -0.25) is 0 Å². The minimum absolute atomic E-state index is 0.540. The van der Waals surface area contributed by atoms with Crippen LogP contribution in [0.15, 0.2) is 0 Å². The largest absolute Gasteiger partial charge is 0.457 e. The summed E-state index contributed by atoms with van der Waals surface area (Å²) in [4.78, 5) is 12.4. The Kier molecular flexibility index (Phi) is 21.0. The molecule has 0 bridgehead atoms. The second-order valence-electron chi connectivity index (χ2n) is 7.54. The van der Waals surface area contributed by atoms with Gasteiger partial charge in [0.25, 0.3) is 0 Å². The van der Waals surface area contributed by atoms with Crippen molar-refractivity contribution in [3.8, 4) is 0 Å². The molecule has 0 aliphatic rings. The van der Waals surface area contributed by atoms with Gasteiger partial charge >= 0.3 is 6.47 Å². The van der Waals surface area contributed by atoms with Gasteiger partial charge in [0.05, 0.1) is 6.61 Å². The number of carbonyl (C=O) groups excluding carboxylic acids is 1. The summed E-state index contributed by atoms with van der Waals surface area (Å²) in [5, 5.41) is 0. The maximum atomic E-state index is 9.86. The Labute approximate surface area is 157 Å². The van der Waals surface area contributed by atoms with Gasteiger partial charge in [-0.1, -0.05) is 90.4 Å². The third kappa shape index (κ3) is 21.4. The Balaban J connectivity index is 3.07. The maximum Gasteiger partial charge on any atom is 0.417 e. The van der Waals surface area contributed by atoms with Crippen molar-refractivity contribution in [3.05, 3.63) is 0 Å².